The minimum Gasteiger partial charge on any atom is -0.392 e. The molecule has 2 rings (SSSR count). The molecule has 2 N–H and O–H groups in total. The van der Waals surface area contributed by atoms with E-state index < -0.39 is 10.0 Å². The average molecular weight is 283 g/mol. The fourth-order valence-corrected chi connectivity index (χ4v) is 3.95. The summed E-state index contributed by atoms with van der Waals surface area (Å²) in [5.41, 5.74) is 0.441. The van der Waals surface area contributed by atoms with Crippen molar-refractivity contribution in [1.29, 1.82) is 0 Å². The van der Waals surface area contributed by atoms with Crippen molar-refractivity contribution in [2.75, 3.05) is 6.54 Å². The molecule has 0 unspecified atom stereocenters. The lowest BCUT2D eigenvalue weighted by Crippen LogP contribution is -2.26. The number of nitrogens with one attached hydrogen (secondary N) is 1. The van der Waals surface area contributed by atoms with Crippen molar-refractivity contribution in [3.8, 4) is 0 Å². The molecule has 106 valence electrons. The van der Waals surface area contributed by atoms with E-state index in [9.17, 15) is 13.5 Å². The van der Waals surface area contributed by atoms with Crippen LogP contribution in [0.25, 0.3) is 0 Å². The quantitative estimate of drug-likeness (QED) is 0.839. The van der Waals surface area contributed by atoms with Gasteiger partial charge in [-0.2, -0.15) is 0 Å². The van der Waals surface area contributed by atoms with Crippen LogP contribution in [0.3, 0.4) is 0 Å². The van der Waals surface area contributed by atoms with Gasteiger partial charge in [0.2, 0.25) is 10.0 Å². The highest BCUT2D eigenvalue weighted by Crippen LogP contribution is 2.27. The molecule has 0 saturated heterocycles. The number of hydrogen-bond acceptors (Lipinski definition) is 3. The number of benzene rings is 1. The van der Waals surface area contributed by atoms with Crippen molar-refractivity contribution >= 4 is 10.0 Å². The first-order valence-corrected chi connectivity index (χ1v) is 8.30. The predicted molar refractivity (Wildman–Crippen MR) is 74.1 cm³/mol. The first-order valence-electron chi connectivity index (χ1n) is 6.82. The van der Waals surface area contributed by atoms with Gasteiger partial charge in [-0.3, -0.25) is 0 Å². The normalized spacial score (nSPS) is 16.9. The van der Waals surface area contributed by atoms with Gasteiger partial charge in [0.1, 0.15) is 0 Å². The Morgan fingerprint density at radius 3 is 2.58 bits per heavy atom. The predicted octanol–water partition coefficient (Wildman–Crippen LogP) is 2.04. The molecule has 0 radical (unpaired) electrons. The van der Waals surface area contributed by atoms with Crippen LogP contribution in [0.1, 0.15) is 37.7 Å². The van der Waals surface area contributed by atoms with Crippen LogP contribution in [0.2, 0.25) is 0 Å². The summed E-state index contributed by atoms with van der Waals surface area (Å²) >= 11 is 0. The third-order valence-corrected chi connectivity index (χ3v) is 5.31. The molecule has 5 heteroatoms. The summed E-state index contributed by atoms with van der Waals surface area (Å²) in [7, 11) is -3.50. The summed E-state index contributed by atoms with van der Waals surface area (Å²) in [6.07, 6.45) is 5.87. The molecule has 1 fully saturated rings. The molecule has 1 aliphatic carbocycles. The zero-order chi connectivity index (χ0) is 13.7. The van der Waals surface area contributed by atoms with Crippen LogP contribution < -0.4 is 4.72 Å². The van der Waals surface area contributed by atoms with E-state index in [1.54, 1.807) is 18.2 Å². The van der Waals surface area contributed by atoms with Gasteiger partial charge in [0.25, 0.3) is 0 Å². The van der Waals surface area contributed by atoms with Gasteiger partial charge in [-0.1, -0.05) is 43.9 Å². The molecule has 1 aromatic rings. The topological polar surface area (TPSA) is 66.4 Å². The molecule has 1 aromatic carbocycles. The average Bonchev–Trinajstić information content (AvgIpc) is 2.91. The maximum atomic E-state index is 12.2. The molecule has 0 aromatic heterocycles. The molecule has 0 atom stereocenters. The first-order chi connectivity index (χ1) is 9.13. The molecule has 19 heavy (non-hydrogen) atoms. The van der Waals surface area contributed by atoms with Crippen molar-refractivity contribution in [3.05, 3.63) is 29.8 Å². The van der Waals surface area contributed by atoms with Gasteiger partial charge >= 0.3 is 0 Å². The zero-order valence-electron chi connectivity index (χ0n) is 11.0. The van der Waals surface area contributed by atoms with E-state index in [1.165, 1.54) is 31.7 Å². The second-order valence-electron chi connectivity index (χ2n) is 5.10. The third-order valence-electron chi connectivity index (χ3n) is 3.75. The lowest BCUT2D eigenvalue weighted by molar-refractivity contribution is 0.278. The Kier molecular flexibility index (Phi) is 4.96. The van der Waals surface area contributed by atoms with Crippen molar-refractivity contribution in [2.24, 2.45) is 5.92 Å². The van der Waals surface area contributed by atoms with Gasteiger partial charge in [-0.05, 0) is 24.0 Å². The standard InChI is InChI=1S/C14H21NO3S/c16-11-13-7-3-4-8-14(13)19(17,18)15-10-9-12-5-1-2-6-12/h3-4,7-8,12,15-16H,1-2,5-6,9-11H2. The Morgan fingerprint density at radius 2 is 1.89 bits per heavy atom. The van der Waals surface area contributed by atoms with E-state index in [0.717, 1.165) is 6.42 Å². The molecule has 1 saturated carbocycles. The SMILES string of the molecule is O=S(=O)(NCCC1CCCC1)c1ccccc1CO. The van der Waals surface area contributed by atoms with Crippen molar-refractivity contribution in [1.82, 2.24) is 4.72 Å². The van der Waals surface area contributed by atoms with Crippen LogP contribution in [0.15, 0.2) is 29.2 Å². The Hall–Kier alpha value is -0.910. The molecule has 0 bridgehead atoms. The van der Waals surface area contributed by atoms with Crippen molar-refractivity contribution < 1.29 is 13.5 Å². The summed E-state index contributed by atoms with van der Waals surface area (Å²) in [6, 6.07) is 6.56. The highest BCUT2D eigenvalue weighted by atomic mass is 32.2. The lowest BCUT2D eigenvalue weighted by Gasteiger charge is -2.12. The number of aliphatic hydroxyl groups excluding tert-OH is 1. The summed E-state index contributed by atoms with van der Waals surface area (Å²) < 4.78 is 27.0. The highest BCUT2D eigenvalue weighted by molar-refractivity contribution is 7.89. The molecule has 0 spiro atoms. The van der Waals surface area contributed by atoms with Crippen LogP contribution in [0.4, 0.5) is 0 Å². The molecule has 4 nitrogen and oxygen atoms in total. The van der Waals surface area contributed by atoms with Crippen molar-refractivity contribution in [3.63, 3.8) is 0 Å². The van der Waals surface area contributed by atoms with Crippen molar-refractivity contribution in [2.45, 2.75) is 43.6 Å². The molecule has 0 heterocycles. The third kappa shape index (κ3) is 3.78. The second kappa shape index (κ2) is 6.50. The van der Waals surface area contributed by atoms with Gasteiger partial charge in [-0.15, -0.1) is 0 Å². The summed E-state index contributed by atoms with van der Waals surface area (Å²) in [5.74, 6) is 0.663. The van der Waals surface area contributed by atoms with Crippen LogP contribution in [0.5, 0.6) is 0 Å². The summed E-state index contributed by atoms with van der Waals surface area (Å²) in [6.45, 7) is 0.215. The van der Waals surface area contributed by atoms with E-state index in [-0.39, 0.29) is 11.5 Å². The lowest BCUT2D eigenvalue weighted by atomic mass is 10.1. The first kappa shape index (κ1) is 14.5. The number of sulfonamides is 1. The van der Waals surface area contributed by atoms with Gasteiger partial charge in [0, 0.05) is 6.54 Å². The minimum absolute atomic E-state index is 0.184. The maximum Gasteiger partial charge on any atom is 0.240 e. The molecule has 0 aliphatic heterocycles. The fraction of sp³-hybridized carbons (Fsp3) is 0.571. The summed E-state index contributed by atoms with van der Waals surface area (Å²) in [5, 5.41) is 9.19. The molecule has 0 amide bonds. The van der Waals surface area contributed by atoms with E-state index in [1.807, 2.05) is 0 Å². The van der Waals surface area contributed by atoms with Gasteiger partial charge in [0.15, 0.2) is 0 Å². The van der Waals surface area contributed by atoms with Gasteiger partial charge in [-0.25, -0.2) is 13.1 Å². The number of hydrogen-bond donors (Lipinski definition) is 2. The minimum atomic E-state index is -3.50. The largest absolute Gasteiger partial charge is 0.392 e. The Labute approximate surface area is 114 Å². The monoisotopic (exact) mass is 283 g/mol. The number of rotatable bonds is 6. The van der Waals surface area contributed by atoms with Gasteiger partial charge in [0.05, 0.1) is 11.5 Å². The van der Waals surface area contributed by atoms with E-state index >= 15 is 0 Å². The van der Waals surface area contributed by atoms with Crippen LogP contribution >= 0.6 is 0 Å². The van der Waals surface area contributed by atoms with Crippen LogP contribution in [0, 0.1) is 5.92 Å². The molecular formula is C14H21NO3S. The van der Waals surface area contributed by atoms with E-state index in [2.05, 4.69) is 4.72 Å². The Morgan fingerprint density at radius 1 is 1.21 bits per heavy atom. The van der Waals surface area contributed by atoms with E-state index in [4.69, 9.17) is 0 Å². The maximum absolute atomic E-state index is 12.2. The van der Waals surface area contributed by atoms with Crippen LogP contribution in [-0.4, -0.2) is 20.1 Å². The second-order valence-corrected chi connectivity index (χ2v) is 6.84. The fourth-order valence-electron chi connectivity index (χ4n) is 2.67. The highest BCUT2D eigenvalue weighted by Gasteiger charge is 2.19. The smallest absolute Gasteiger partial charge is 0.240 e. The molecule has 1 aliphatic rings. The van der Waals surface area contributed by atoms with Crippen LogP contribution in [-0.2, 0) is 16.6 Å². The van der Waals surface area contributed by atoms with E-state index in [0.29, 0.717) is 18.0 Å². The molecular weight excluding hydrogens is 262 g/mol. The Balaban J connectivity index is 1.97. The zero-order valence-corrected chi connectivity index (χ0v) is 11.8. The van der Waals surface area contributed by atoms with Gasteiger partial charge < -0.3 is 5.11 Å². The summed E-state index contributed by atoms with van der Waals surface area (Å²) in [4.78, 5) is 0.184. The Bertz CT molecular complexity index is 507. The number of aliphatic hydroxyl groups is 1.